The van der Waals surface area contributed by atoms with Gasteiger partial charge < -0.3 is 29.2 Å². The Balaban J connectivity index is 1.28. The molecule has 2 bridgehead atoms. The number of H-pyrrole nitrogens is 1. The SMILES string of the molecule is CC[C@@H]1C[C@@H]2CN(Cc3c([nH]c4ccccc34)[C@H](C(=O)OC)[C@H]2c2ccc3c(c2OC)N(C)[C@H]2[C@](C)(O)[C@H](OC(C)=O)[C@]4(CC)C=CCN5CC[C@]32[C@@H]54)C1. The lowest BCUT2D eigenvalue weighted by Gasteiger charge is -2.64. The molecular formula is C44H56N4O6. The van der Waals surface area contributed by atoms with Gasteiger partial charge in [-0.15, -0.1) is 0 Å². The molecule has 6 aliphatic rings. The quantitative estimate of drug-likeness (QED) is 0.238. The number of nitrogens with one attached hydrogen (secondary N) is 1. The van der Waals surface area contributed by atoms with Crippen LogP contribution >= 0.6 is 0 Å². The van der Waals surface area contributed by atoms with E-state index in [1.807, 2.05) is 13.0 Å². The van der Waals surface area contributed by atoms with E-state index in [-0.39, 0.29) is 29.8 Å². The molecule has 1 saturated carbocycles. The van der Waals surface area contributed by atoms with Crippen molar-refractivity contribution in [3.8, 4) is 5.75 Å². The van der Waals surface area contributed by atoms with Gasteiger partial charge in [0.05, 0.1) is 25.9 Å². The summed E-state index contributed by atoms with van der Waals surface area (Å²) in [6.45, 7) is 12.1. The molecule has 288 valence electrons. The average molecular weight is 737 g/mol. The second-order valence-electron chi connectivity index (χ2n) is 17.4. The standard InChI is InChI=1S/C44H56N4O6/c1-8-26-21-27-23-47(22-26)24-30-28-13-10-11-14-32(28)45-35(30)34(38(50)53-7)33(27)29-15-16-31-36(37(29)52-6)46(5)39-42(4,51)41(54-25(3)49)43(9-2)17-12-19-48-20-18-44(31,39)40(43)48/h10-17,26-27,33-34,39-41,45,51H,8-9,18-24H2,1-7H3/t26-,27-,33-,34-,39+,40+,41+,42+,43-,44+/m1/s1. The van der Waals surface area contributed by atoms with Crippen molar-refractivity contribution in [3.63, 3.8) is 0 Å². The lowest BCUT2D eigenvalue weighted by Crippen LogP contribution is -2.78. The number of methoxy groups -OCH3 is 2. The first-order chi connectivity index (χ1) is 26.0. The summed E-state index contributed by atoms with van der Waals surface area (Å²) in [6.07, 6.45) is 7.35. The summed E-state index contributed by atoms with van der Waals surface area (Å²) in [4.78, 5) is 38.3. The fourth-order valence-corrected chi connectivity index (χ4v) is 13.3. The number of para-hydroxylation sites is 1. The van der Waals surface area contributed by atoms with Gasteiger partial charge >= 0.3 is 11.9 Å². The van der Waals surface area contributed by atoms with Crippen LogP contribution in [0, 0.1) is 17.3 Å². The first-order valence-electron chi connectivity index (χ1n) is 20.1. The number of nitrogens with zero attached hydrogens (tertiary/aromatic N) is 3. The number of aromatic amines is 1. The largest absolute Gasteiger partial charge is 0.494 e. The Morgan fingerprint density at radius 1 is 1.07 bits per heavy atom. The third kappa shape index (κ3) is 4.62. The Morgan fingerprint density at radius 2 is 1.87 bits per heavy atom. The number of aromatic nitrogens is 1. The number of rotatable bonds is 6. The van der Waals surface area contributed by atoms with E-state index in [9.17, 15) is 14.7 Å². The number of aliphatic hydroxyl groups is 1. The van der Waals surface area contributed by atoms with Gasteiger partial charge in [0, 0.05) is 85.1 Å². The Hall–Kier alpha value is -3.86. The molecule has 3 fully saturated rings. The van der Waals surface area contributed by atoms with Crippen LogP contribution < -0.4 is 9.64 Å². The van der Waals surface area contributed by atoms with Crippen LogP contribution in [-0.4, -0.2) is 103 Å². The first-order valence-corrected chi connectivity index (χ1v) is 20.1. The van der Waals surface area contributed by atoms with Gasteiger partial charge in [-0.05, 0) is 61.8 Å². The van der Waals surface area contributed by atoms with Gasteiger partial charge in [0.2, 0.25) is 0 Å². The van der Waals surface area contributed by atoms with Crippen LogP contribution in [0.5, 0.6) is 5.75 Å². The topological polar surface area (TPSA) is 108 Å². The van der Waals surface area contributed by atoms with Crippen LogP contribution in [0.3, 0.4) is 0 Å². The van der Waals surface area contributed by atoms with E-state index in [0.717, 1.165) is 85.6 Å². The van der Waals surface area contributed by atoms with E-state index < -0.39 is 34.5 Å². The summed E-state index contributed by atoms with van der Waals surface area (Å²) < 4.78 is 18.6. The van der Waals surface area contributed by atoms with E-state index in [1.165, 1.54) is 25.2 Å². The number of esters is 2. The number of hydrogen-bond acceptors (Lipinski definition) is 9. The molecule has 9 rings (SSSR count). The fraction of sp³-hybridized carbons (Fsp3) is 0.591. The zero-order valence-electron chi connectivity index (χ0n) is 32.9. The van der Waals surface area contributed by atoms with Crippen molar-refractivity contribution in [2.45, 2.75) is 101 Å². The third-order valence-corrected chi connectivity index (χ3v) is 15.0. The van der Waals surface area contributed by atoms with Crippen molar-refractivity contribution in [3.05, 3.63) is 70.9 Å². The normalized spacial score (nSPS) is 37.8. The Morgan fingerprint density at radius 3 is 2.59 bits per heavy atom. The lowest BCUT2D eigenvalue weighted by atomic mass is 9.48. The summed E-state index contributed by atoms with van der Waals surface area (Å²) in [6, 6.07) is 12.5. The molecule has 10 heteroatoms. The van der Waals surface area contributed by atoms with E-state index in [1.54, 1.807) is 7.11 Å². The highest BCUT2D eigenvalue weighted by Gasteiger charge is 2.77. The molecule has 2 aromatic carbocycles. The van der Waals surface area contributed by atoms with Crippen molar-refractivity contribution in [1.82, 2.24) is 14.8 Å². The van der Waals surface area contributed by atoms with E-state index in [4.69, 9.17) is 14.2 Å². The molecule has 3 aromatic rings. The minimum atomic E-state index is -1.40. The van der Waals surface area contributed by atoms with Gasteiger partial charge in [-0.2, -0.15) is 0 Å². The van der Waals surface area contributed by atoms with Crippen molar-refractivity contribution >= 4 is 28.5 Å². The zero-order chi connectivity index (χ0) is 37.9. The fourth-order valence-electron chi connectivity index (χ4n) is 13.3. The summed E-state index contributed by atoms with van der Waals surface area (Å²) >= 11 is 0. The highest BCUT2D eigenvalue weighted by molar-refractivity contribution is 5.89. The molecule has 0 radical (unpaired) electrons. The third-order valence-electron chi connectivity index (χ3n) is 15.0. The summed E-state index contributed by atoms with van der Waals surface area (Å²) in [5.41, 5.74) is 3.81. The predicted octanol–water partition coefficient (Wildman–Crippen LogP) is 5.87. The van der Waals surface area contributed by atoms with Crippen molar-refractivity contribution in [2.75, 3.05) is 52.3 Å². The van der Waals surface area contributed by atoms with Gasteiger partial charge in [0.1, 0.15) is 23.4 Å². The molecule has 1 spiro atoms. The maximum Gasteiger partial charge on any atom is 0.315 e. The number of piperidine rings is 1. The smallest absolute Gasteiger partial charge is 0.315 e. The highest BCUT2D eigenvalue weighted by atomic mass is 16.6. The molecule has 11 atom stereocenters. The number of ether oxygens (including phenoxy) is 3. The summed E-state index contributed by atoms with van der Waals surface area (Å²) in [7, 11) is 5.33. The molecule has 1 aliphatic carbocycles. The van der Waals surface area contributed by atoms with Crippen LogP contribution in [0.1, 0.15) is 87.6 Å². The van der Waals surface area contributed by atoms with Gasteiger partial charge in [-0.25, -0.2) is 0 Å². The van der Waals surface area contributed by atoms with Crippen LogP contribution in [0.2, 0.25) is 0 Å². The summed E-state index contributed by atoms with van der Waals surface area (Å²) in [5, 5.41) is 14.2. The maximum absolute atomic E-state index is 14.4. The number of hydrogen-bond donors (Lipinski definition) is 2. The second-order valence-corrected chi connectivity index (χ2v) is 17.4. The molecule has 10 nitrogen and oxygen atoms in total. The maximum atomic E-state index is 14.4. The molecular weight excluding hydrogens is 681 g/mol. The number of carbonyl (C=O) groups is 2. The molecule has 5 aliphatic heterocycles. The molecule has 2 N–H and O–H groups in total. The monoisotopic (exact) mass is 736 g/mol. The second kappa shape index (κ2) is 12.6. The number of fused-ring (bicyclic) bond motifs is 6. The Labute approximate surface area is 318 Å². The zero-order valence-corrected chi connectivity index (χ0v) is 32.9. The van der Waals surface area contributed by atoms with E-state index in [0.29, 0.717) is 12.3 Å². The van der Waals surface area contributed by atoms with Gasteiger partial charge in [-0.1, -0.05) is 62.8 Å². The van der Waals surface area contributed by atoms with Crippen LogP contribution in [0.25, 0.3) is 10.9 Å². The Bertz CT molecular complexity index is 2040. The highest BCUT2D eigenvalue weighted by Crippen LogP contribution is 2.69. The molecule has 1 unspecified atom stereocenters. The Kier molecular flexibility index (Phi) is 8.35. The predicted molar refractivity (Wildman–Crippen MR) is 208 cm³/mol. The lowest BCUT2D eigenvalue weighted by molar-refractivity contribution is -0.213. The van der Waals surface area contributed by atoms with Crippen LogP contribution in [0.15, 0.2) is 48.6 Å². The number of anilines is 1. The number of likely N-dealkylation sites (N-methyl/N-ethyl adjacent to an activating group) is 1. The number of carbonyl (C=O) groups excluding carboxylic acids is 2. The van der Waals surface area contributed by atoms with Crippen LogP contribution in [-0.2, 0) is 31.0 Å². The van der Waals surface area contributed by atoms with Gasteiger partial charge in [0.15, 0.2) is 0 Å². The first kappa shape index (κ1) is 35.8. The van der Waals surface area contributed by atoms with Crippen molar-refractivity contribution in [1.29, 1.82) is 0 Å². The van der Waals surface area contributed by atoms with E-state index >= 15 is 0 Å². The molecule has 54 heavy (non-hydrogen) atoms. The van der Waals surface area contributed by atoms with Crippen molar-refractivity contribution < 1.29 is 28.9 Å². The average Bonchev–Trinajstić information content (AvgIpc) is 3.81. The van der Waals surface area contributed by atoms with Gasteiger partial charge in [0.25, 0.3) is 0 Å². The molecule has 0 amide bonds. The number of benzene rings is 2. The summed E-state index contributed by atoms with van der Waals surface area (Å²) in [5.74, 6) is -0.0212. The molecule has 2 saturated heterocycles. The van der Waals surface area contributed by atoms with Gasteiger partial charge in [-0.3, -0.25) is 19.4 Å². The van der Waals surface area contributed by atoms with Crippen LogP contribution in [0.4, 0.5) is 5.69 Å². The van der Waals surface area contributed by atoms with E-state index in [2.05, 4.69) is 83.1 Å². The minimum absolute atomic E-state index is 0.00386. The minimum Gasteiger partial charge on any atom is -0.494 e. The molecule has 6 heterocycles. The van der Waals surface area contributed by atoms with Crippen molar-refractivity contribution in [2.24, 2.45) is 17.3 Å². The molecule has 1 aromatic heterocycles.